The summed E-state index contributed by atoms with van der Waals surface area (Å²) in [6.45, 7) is 1.27. The van der Waals surface area contributed by atoms with Crippen LogP contribution in [0.4, 0.5) is 4.39 Å². The molecular formula is C17H24ClFN2O2. The highest BCUT2D eigenvalue weighted by atomic mass is 35.5. The van der Waals surface area contributed by atoms with Crippen LogP contribution in [0.5, 0.6) is 0 Å². The minimum absolute atomic E-state index is 0.0461. The van der Waals surface area contributed by atoms with Crippen molar-refractivity contribution >= 4 is 17.5 Å². The molecule has 0 spiro atoms. The van der Waals surface area contributed by atoms with Gasteiger partial charge in [0.2, 0.25) is 5.91 Å². The molecule has 128 valence electrons. The van der Waals surface area contributed by atoms with Crippen molar-refractivity contribution in [2.45, 2.75) is 38.3 Å². The van der Waals surface area contributed by atoms with Crippen molar-refractivity contribution in [1.82, 2.24) is 4.90 Å². The van der Waals surface area contributed by atoms with Gasteiger partial charge in [0.15, 0.2) is 0 Å². The molecular weight excluding hydrogens is 319 g/mol. The Balaban J connectivity index is 2.04. The summed E-state index contributed by atoms with van der Waals surface area (Å²) in [5, 5.41) is 0.331. The zero-order valence-electron chi connectivity index (χ0n) is 13.4. The molecule has 0 aliphatic heterocycles. The number of carbonyl (C=O) groups excluding carboxylic acids is 1. The van der Waals surface area contributed by atoms with Gasteiger partial charge >= 0.3 is 0 Å². The summed E-state index contributed by atoms with van der Waals surface area (Å²) in [5.41, 5.74) is 6.79. The van der Waals surface area contributed by atoms with Gasteiger partial charge in [-0.05, 0) is 36.5 Å². The molecule has 1 aliphatic carbocycles. The van der Waals surface area contributed by atoms with Crippen LogP contribution in [0, 0.1) is 11.7 Å². The first-order valence-electron chi connectivity index (χ1n) is 7.97. The van der Waals surface area contributed by atoms with E-state index in [1.165, 1.54) is 12.1 Å². The van der Waals surface area contributed by atoms with Gasteiger partial charge in [0.1, 0.15) is 5.82 Å². The Bertz CT molecular complexity index is 541. The highest BCUT2D eigenvalue weighted by Gasteiger charge is 2.28. The number of nitrogens with zero attached hydrogens (tertiary/aromatic N) is 1. The van der Waals surface area contributed by atoms with Crippen LogP contribution in [0.25, 0.3) is 0 Å². The second-order valence-corrected chi connectivity index (χ2v) is 6.51. The molecule has 0 saturated heterocycles. The number of ether oxygens (including phenoxy) is 1. The molecule has 23 heavy (non-hydrogen) atoms. The molecule has 2 N–H and O–H groups in total. The van der Waals surface area contributed by atoms with Crippen LogP contribution in [0.3, 0.4) is 0 Å². The fourth-order valence-corrected chi connectivity index (χ4v) is 3.25. The van der Waals surface area contributed by atoms with Crippen molar-refractivity contribution in [3.63, 3.8) is 0 Å². The molecule has 0 aromatic heterocycles. The summed E-state index contributed by atoms with van der Waals surface area (Å²) in [5.74, 6) is -0.0912. The van der Waals surface area contributed by atoms with Crippen LogP contribution in [0.15, 0.2) is 18.2 Å². The fraction of sp³-hybridized carbons (Fsp3) is 0.588. The van der Waals surface area contributed by atoms with Gasteiger partial charge in [-0.1, -0.05) is 24.1 Å². The topological polar surface area (TPSA) is 55.6 Å². The largest absolute Gasteiger partial charge is 0.383 e. The Labute approximate surface area is 141 Å². The maximum atomic E-state index is 13.2. The molecule has 0 bridgehead atoms. The maximum absolute atomic E-state index is 13.2. The van der Waals surface area contributed by atoms with Gasteiger partial charge in [-0.25, -0.2) is 4.39 Å². The van der Waals surface area contributed by atoms with Crippen LogP contribution in [0.2, 0.25) is 5.02 Å². The molecule has 0 unspecified atom stereocenters. The van der Waals surface area contributed by atoms with Crippen LogP contribution >= 0.6 is 11.6 Å². The van der Waals surface area contributed by atoms with Gasteiger partial charge in [-0.2, -0.15) is 0 Å². The quantitative estimate of drug-likeness (QED) is 0.828. The van der Waals surface area contributed by atoms with E-state index in [1.54, 1.807) is 18.1 Å². The smallest absolute Gasteiger partial charge is 0.223 e. The van der Waals surface area contributed by atoms with Crippen LogP contribution in [-0.2, 0) is 16.1 Å². The molecule has 1 amide bonds. The normalized spacial score (nSPS) is 20.7. The van der Waals surface area contributed by atoms with Crippen LogP contribution < -0.4 is 5.73 Å². The zero-order chi connectivity index (χ0) is 16.8. The Kier molecular flexibility index (Phi) is 6.81. The number of hydrogen-bond acceptors (Lipinski definition) is 3. The number of rotatable bonds is 7. The van der Waals surface area contributed by atoms with Crippen LogP contribution in [0.1, 0.15) is 31.2 Å². The van der Waals surface area contributed by atoms with E-state index < -0.39 is 0 Å². The predicted molar refractivity (Wildman–Crippen MR) is 88.6 cm³/mol. The Morgan fingerprint density at radius 2 is 2.26 bits per heavy atom. The minimum atomic E-state index is -0.384. The first kappa shape index (κ1) is 18.2. The van der Waals surface area contributed by atoms with Crippen molar-refractivity contribution < 1.29 is 13.9 Å². The van der Waals surface area contributed by atoms with E-state index in [0.717, 1.165) is 24.8 Å². The van der Waals surface area contributed by atoms with Crippen molar-refractivity contribution in [1.29, 1.82) is 0 Å². The second-order valence-electron chi connectivity index (χ2n) is 6.10. The zero-order valence-corrected chi connectivity index (χ0v) is 14.2. The third kappa shape index (κ3) is 5.16. The number of nitrogens with two attached hydrogens (primary N) is 1. The summed E-state index contributed by atoms with van der Waals surface area (Å²) in [6.07, 6.45) is 3.52. The predicted octanol–water partition coefficient (Wildman–Crippen LogP) is 2.97. The number of hydrogen-bond donors (Lipinski definition) is 1. The third-order valence-corrected chi connectivity index (χ3v) is 4.80. The molecule has 0 heterocycles. The number of amides is 1. The Morgan fingerprint density at radius 3 is 2.87 bits per heavy atom. The summed E-state index contributed by atoms with van der Waals surface area (Å²) in [4.78, 5) is 14.3. The van der Waals surface area contributed by atoms with Crippen molar-refractivity contribution in [2.75, 3.05) is 20.3 Å². The lowest BCUT2D eigenvalue weighted by Crippen LogP contribution is -2.37. The van der Waals surface area contributed by atoms with Crippen molar-refractivity contribution in [2.24, 2.45) is 11.7 Å². The first-order chi connectivity index (χ1) is 11.0. The lowest BCUT2D eigenvalue weighted by atomic mass is 9.99. The molecule has 1 aromatic rings. The standard InChI is InChI=1S/C17H24ClFN2O2/c1-23-8-7-21(11-13-5-6-14(19)10-15(13)18)17(22)9-12-3-2-4-16(12)20/h5-6,10,12,16H,2-4,7-9,11,20H2,1H3/t12-,16+/m0/s1. The molecule has 0 radical (unpaired) electrons. The summed E-state index contributed by atoms with van der Waals surface area (Å²) in [7, 11) is 1.60. The molecule has 6 heteroatoms. The minimum Gasteiger partial charge on any atom is -0.383 e. The van der Waals surface area contributed by atoms with E-state index in [-0.39, 0.29) is 23.7 Å². The molecule has 2 atom stereocenters. The summed E-state index contributed by atoms with van der Waals surface area (Å²) in [6, 6.07) is 4.35. The Morgan fingerprint density at radius 1 is 1.48 bits per heavy atom. The van der Waals surface area contributed by atoms with Gasteiger partial charge in [-0.15, -0.1) is 0 Å². The van der Waals surface area contributed by atoms with E-state index in [2.05, 4.69) is 0 Å². The maximum Gasteiger partial charge on any atom is 0.223 e. The van der Waals surface area contributed by atoms with Gasteiger partial charge < -0.3 is 15.4 Å². The van der Waals surface area contributed by atoms with Crippen molar-refractivity contribution in [3.8, 4) is 0 Å². The Hall–Kier alpha value is -1.17. The fourth-order valence-electron chi connectivity index (χ4n) is 3.02. The molecule has 1 saturated carbocycles. The van der Waals surface area contributed by atoms with E-state index >= 15 is 0 Å². The molecule has 1 fully saturated rings. The number of benzene rings is 1. The second kappa shape index (κ2) is 8.62. The lowest BCUT2D eigenvalue weighted by Gasteiger charge is -2.25. The van der Waals surface area contributed by atoms with E-state index in [0.29, 0.717) is 31.1 Å². The van der Waals surface area contributed by atoms with Crippen LogP contribution in [-0.4, -0.2) is 37.1 Å². The first-order valence-corrected chi connectivity index (χ1v) is 8.35. The summed E-state index contributed by atoms with van der Waals surface area (Å²) < 4.78 is 18.2. The lowest BCUT2D eigenvalue weighted by molar-refractivity contribution is -0.133. The average molecular weight is 343 g/mol. The molecule has 4 nitrogen and oxygen atoms in total. The average Bonchev–Trinajstić information content (AvgIpc) is 2.90. The summed E-state index contributed by atoms with van der Waals surface area (Å²) >= 11 is 6.08. The van der Waals surface area contributed by atoms with Gasteiger partial charge in [-0.3, -0.25) is 4.79 Å². The third-order valence-electron chi connectivity index (χ3n) is 4.45. The van der Waals surface area contributed by atoms with Gasteiger partial charge in [0.25, 0.3) is 0 Å². The number of halogens is 2. The molecule has 1 aliphatic rings. The van der Waals surface area contributed by atoms with E-state index in [1.807, 2.05) is 0 Å². The monoisotopic (exact) mass is 342 g/mol. The molecule has 1 aromatic carbocycles. The molecule has 2 rings (SSSR count). The van der Waals surface area contributed by atoms with Gasteiger partial charge in [0.05, 0.1) is 6.61 Å². The van der Waals surface area contributed by atoms with E-state index in [9.17, 15) is 9.18 Å². The van der Waals surface area contributed by atoms with Crippen molar-refractivity contribution in [3.05, 3.63) is 34.6 Å². The number of carbonyl (C=O) groups is 1. The SMILES string of the molecule is COCCN(Cc1ccc(F)cc1Cl)C(=O)C[C@@H]1CCC[C@H]1N. The highest BCUT2D eigenvalue weighted by molar-refractivity contribution is 6.31. The van der Waals surface area contributed by atoms with E-state index in [4.69, 9.17) is 22.1 Å². The number of methoxy groups -OCH3 is 1. The highest BCUT2D eigenvalue weighted by Crippen LogP contribution is 2.28. The van der Waals surface area contributed by atoms with Gasteiger partial charge in [0, 0.05) is 37.7 Å².